The number of piperazine rings is 1. The lowest BCUT2D eigenvalue weighted by molar-refractivity contribution is -0.141. The van der Waals surface area contributed by atoms with Gasteiger partial charge in [-0.3, -0.25) is 9.69 Å². The van der Waals surface area contributed by atoms with E-state index in [4.69, 9.17) is 4.98 Å². The van der Waals surface area contributed by atoms with Crippen molar-refractivity contribution in [3.05, 3.63) is 120 Å². The van der Waals surface area contributed by atoms with Crippen molar-refractivity contribution in [2.75, 3.05) is 44.2 Å². The van der Waals surface area contributed by atoms with Crippen LogP contribution >= 0.6 is 0 Å². The summed E-state index contributed by atoms with van der Waals surface area (Å²) in [6, 6.07) is 36.1. The molecule has 2 heterocycles. The molecule has 0 atom stereocenters. The molecule has 0 spiro atoms. The number of fused-ring (bicyclic) bond motifs is 4. The standard InChI is InChI=1S/C39H37F3N4O/c40-39(41,42)27-43-37(47)38(33-17-7-4-14-29(33)30-15-5-8-18-34(30)38)20-10-11-21-45-22-24-46(25-23-45)36-26-32(28-12-2-1-3-13-28)31-16-6-9-19-35(31)44-36/h1-9,12-19,26H,10-11,20-25,27H2,(H,43,47). The topological polar surface area (TPSA) is 48.5 Å². The lowest BCUT2D eigenvalue weighted by atomic mass is 9.73. The van der Waals surface area contributed by atoms with Gasteiger partial charge in [0.1, 0.15) is 17.8 Å². The third-order valence-corrected chi connectivity index (χ3v) is 9.66. The fourth-order valence-corrected chi connectivity index (χ4v) is 7.39. The lowest BCUT2D eigenvalue weighted by Gasteiger charge is -2.36. The van der Waals surface area contributed by atoms with E-state index in [0.29, 0.717) is 12.8 Å². The van der Waals surface area contributed by atoms with E-state index in [2.05, 4.69) is 63.6 Å². The molecular weight excluding hydrogens is 597 g/mol. The van der Waals surface area contributed by atoms with Crippen LogP contribution in [0, 0.1) is 0 Å². The molecule has 1 amide bonds. The fourth-order valence-electron chi connectivity index (χ4n) is 7.39. The maximum absolute atomic E-state index is 13.8. The number of halogens is 3. The van der Waals surface area contributed by atoms with E-state index in [-0.39, 0.29) is 0 Å². The van der Waals surface area contributed by atoms with Gasteiger partial charge in [0.25, 0.3) is 0 Å². The molecule has 0 unspecified atom stereocenters. The van der Waals surface area contributed by atoms with Gasteiger partial charge in [-0.15, -0.1) is 0 Å². The van der Waals surface area contributed by atoms with Gasteiger partial charge < -0.3 is 10.2 Å². The lowest BCUT2D eigenvalue weighted by Crippen LogP contribution is -2.48. The smallest absolute Gasteiger partial charge is 0.354 e. The molecule has 240 valence electrons. The van der Waals surface area contributed by atoms with Gasteiger partial charge in [-0.25, -0.2) is 4.98 Å². The molecule has 1 aliphatic carbocycles. The molecule has 47 heavy (non-hydrogen) atoms. The van der Waals surface area contributed by atoms with Crippen LogP contribution in [0.3, 0.4) is 0 Å². The van der Waals surface area contributed by atoms with Gasteiger partial charge in [-0.1, -0.05) is 103 Å². The first-order chi connectivity index (χ1) is 22.8. The van der Waals surface area contributed by atoms with Crippen LogP contribution in [-0.4, -0.2) is 61.2 Å². The number of para-hydroxylation sites is 1. The molecule has 5 aromatic rings. The molecule has 8 heteroatoms. The van der Waals surface area contributed by atoms with Gasteiger partial charge in [0, 0.05) is 31.6 Å². The van der Waals surface area contributed by atoms with Crippen LogP contribution in [0.15, 0.2) is 109 Å². The minimum Gasteiger partial charge on any atom is -0.354 e. The summed E-state index contributed by atoms with van der Waals surface area (Å²) in [5.41, 5.74) is 5.57. The number of carbonyl (C=O) groups is 1. The molecule has 1 aromatic heterocycles. The van der Waals surface area contributed by atoms with E-state index >= 15 is 0 Å². The van der Waals surface area contributed by atoms with Crippen molar-refractivity contribution in [1.82, 2.24) is 15.2 Å². The van der Waals surface area contributed by atoms with Crippen molar-refractivity contribution in [1.29, 1.82) is 0 Å². The molecule has 7 rings (SSSR count). The predicted octanol–water partition coefficient (Wildman–Crippen LogP) is 7.84. The van der Waals surface area contributed by atoms with Crippen LogP contribution in [-0.2, 0) is 10.2 Å². The number of hydrogen-bond acceptors (Lipinski definition) is 4. The second-order valence-electron chi connectivity index (χ2n) is 12.5. The van der Waals surface area contributed by atoms with E-state index < -0.39 is 24.0 Å². The number of nitrogens with one attached hydrogen (secondary N) is 1. The minimum atomic E-state index is -4.48. The summed E-state index contributed by atoms with van der Waals surface area (Å²) in [7, 11) is 0. The number of amides is 1. The van der Waals surface area contributed by atoms with Gasteiger partial charge in [0.05, 0.1) is 5.52 Å². The van der Waals surface area contributed by atoms with Gasteiger partial charge in [-0.2, -0.15) is 13.2 Å². The van der Waals surface area contributed by atoms with Gasteiger partial charge in [0.15, 0.2) is 0 Å². The Hall–Kier alpha value is -4.69. The van der Waals surface area contributed by atoms with Crippen molar-refractivity contribution >= 4 is 22.6 Å². The Morgan fingerprint density at radius 1 is 0.745 bits per heavy atom. The molecule has 1 fully saturated rings. The van der Waals surface area contributed by atoms with Gasteiger partial charge >= 0.3 is 6.18 Å². The summed E-state index contributed by atoms with van der Waals surface area (Å²) >= 11 is 0. The van der Waals surface area contributed by atoms with Gasteiger partial charge in [-0.05, 0) is 64.9 Å². The third-order valence-electron chi connectivity index (χ3n) is 9.66. The zero-order valence-electron chi connectivity index (χ0n) is 26.1. The first-order valence-electron chi connectivity index (χ1n) is 16.3. The molecule has 4 aromatic carbocycles. The van der Waals surface area contributed by atoms with E-state index in [1.807, 2.05) is 60.7 Å². The van der Waals surface area contributed by atoms with Crippen LogP contribution in [0.2, 0.25) is 0 Å². The van der Waals surface area contributed by atoms with Crippen LogP contribution < -0.4 is 10.2 Å². The highest BCUT2D eigenvalue weighted by Crippen LogP contribution is 2.51. The summed E-state index contributed by atoms with van der Waals surface area (Å²) in [5.74, 6) is 0.395. The first kappa shape index (κ1) is 30.9. The zero-order valence-corrected chi connectivity index (χ0v) is 26.1. The molecule has 2 aliphatic rings. The summed E-state index contributed by atoms with van der Waals surface area (Å²) in [6.07, 6.45) is -2.50. The number of unbranched alkanes of at least 4 members (excludes halogenated alkanes) is 1. The summed E-state index contributed by atoms with van der Waals surface area (Å²) < 4.78 is 39.6. The molecule has 0 radical (unpaired) electrons. The monoisotopic (exact) mass is 634 g/mol. The van der Waals surface area contributed by atoms with Crippen LogP contribution in [0.4, 0.5) is 19.0 Å². The fraction of sp³-hybridized carbons (Fsp3) is 0.282. The number of carbonyl (C=O) groups excluding carboxylic acids is 1. The van der Waals surface area contributed by atoms with Crippen molar-refractivity contribution in [3.63, 3.8) is 0 Å². The van der Waals surface area contributed by atoms with Crippen LogP contribution in [0.5, 0.6) is 0 Å². The largest absolute Gasteiger partial charge is 0.405 e. The molecule has 5 nitrogen and oxygen atoms in total. The van der Waals surface area contributed by atoms with Crippen molar-refractivity contribution in [3.8, 4) is 22.3 Å². The average Bonchev–Trinajstić information content (AvgIpc) is 3.39. The molecular formula is C39H37F3N4O. The van der Waals surface area contributed by atoms with Gasteiger partial charge in [0.2, 0.25) is 5.91 Å². The average molecular weight is 635 g/mol. The van der Waals surface area contributed by atoms with Crippen molar-refractivity contribution in [2.45, 2.75) is 30.9 Å². The predicted molar refractivity (Wildman–Crippen MR) is 181 cm³/mol. The zero-order chi connectivity index (χ0) is 32.4. The maximum atomic E-state index is 13.8. The molecule has 1 saturated heterocycles. The Kier molecular flexibility index (Phi) is 8.45. The Bertz CT molecular complexity index is 1840. The Morgan fingerprint density at radius 2 is 1.36 bits per heavy atom. The molecule has 1 N–H and O–H groups in total. The SMILES string of the molecule is O=C(NCC(F)(F)F)C1(CCCCN2CCN(c3cc(-c4ccccc4)c4ccccc4n3)CC2)c2ccccc2-c2ccccc21. The quantitative estimate of drug-likeness (QED) is 0.168. The Balaban J connectivity index is 1.03. The van der Waals surface area contributed by atoms with Crippen LogP contribution in [0.25, 0.3) is 33.2 Å². The number of anilines is 1. The summed E-state index contributed by atoms with van der Waals surface area (Å²) in [6.45, 7) is 2.99. The van der Waals surface area contributed by atoms with E-state index in [1.54, 1.807) is 0 Å². The van der Waals surface area contributed by atoms with E-state index in [9.17, 15) is 18.0 Å². The Labute approximate surface area is 273 Å². The highest BCUT2D eigenvalue weighted by Gasteiger charge is 2.49. The van der Waals surface area contributed by atoms with Crippen molar-refractivity contribution in [2.24, 2.45) is 0 Å². The summed E-state index contributed by atoms with van der Waals surface area (Å²) in [5, 5.41) is 3.37. The highest BCUT2D eigenvalue weighted by atomic mass is 19.4. The number of aromatic nitrogens is 1. The number of pyridine rings is 1. The van der Waals surface area contributed by atoms with Crippen molar-refractivity contribution < 1.29 is 18.0 Å². The van der Waals surface area contributed by atoms with Crippen LogP contribution in [0.1, 0.15) is 30.4 Å². The summed E-state index contributed by atoms with van der Waals surface area (Å²) in [4.78, 5) is 23.6. The molecule has 0 bridgehead atoms. The third kappa shape index (κ3) is 6.10. The highest BCUT2D eigenvalue weighted by molar-refractivity contribution is 6.00. The molecule has 0 saturated carbocycles. The van der Waals surface area contributed by atoms with E-state index in [1.165, 1.54) is 11.1 Å². The van der Waals surface area contributed by atoms with E-state index in [0.717, 1.165) is 78.1 Å². The Morgan fingerprint density at radius 3 is 2.04 bits per heavy atom. The number of rotatable bonds is 9. The normalized spacial score (nSPS) is 15.8. The second-order valence-corrected chi connectivity index (χ2v) is 12.5. The minimum absolute atomic E-state index is 0.438. The first-order valence-corrected chi connectivity index (χ1v) is 16.3. The number of nitrogens with zero attached hydrogens (tertiary/aromatic N) is 3. The number of hydrogen-bond donors (Lipinski definition) is 1. The second kappa shape index (κ2) is 12.8. The number of alkyl halides is 3. The maximum Gasteiger partial charge on any atom is 0.405 e. The number of benzene rings is 4. The molecule has 1 aliphatic heterocycles.